The van der Waals surface area contributed by atoms with Gasteiger partial charge in [-0.05, 0) is 55.5 Å². The Morgan fingerprint density at radius 3 is 2.35 bits per heavy atom. The first-order valence-corrected chi connectivity index (χ1v) is 15.1. The molecular weight excluding hydrogens is 625 g/mol. The molecule has 1 fully saturated rings. The Labute approximate surface area is 278 Å². The number of hydrogen-bond donors (Lipinski definition) is 2. The average molecular weight is 666 g/mol. The normalized spacial score (nSPS) is 13.4. The van der Waals surface area contributed by atoms with Gasteiger partial charge in [0.25, 0.3) is 5.56 Å². The number of ether oxygens (including phenoxy) is 3. The van der Waals surface area contributed by atoms with E-state index in [1.54, 1.807) is 59.3 Å². The zero-order valence-electron chi connectivity index (χ0n) is 26.9. The molecule has 0 aliphatic carbocycles. The molecule has 1 atom stereocenters. The number of fused-ring (bicyclic) bond motifs is 1. The van der Waals surface area contributed by atoms with Gasteiger partial charge in [0.15, 0.2) is 5.82 Å². The van der Waals surface area contributed by atoms with Gasteiger partial charge in [-0.15, -0.1) is 0 Å². The third-order valence-electron chi connectivity index (χ3n) is 7.96. The zero-order chi connectivity index (χ0) is 34.4. The molecule has 1 unspecified atom stereocenters. The summed E-state index contributed by atoms with van der Waals surface area (Å²) in [6, 6.07) is 15.7. The number of methoxy groups -OCH3 is 3. The van der Waals surface area contributed by atoms with Crippen LogP contribution in [0.4, 0.5) is 25.4 Å². The van der Waals surface area contributed by atoms with E-state index in [1.807, 2.05) is 0 Å². The topological polar surface area (TPSA) is 148 Å². The predicted molar refractivity (Wildman–Crippen MR) is 181 cm³/mol. The smallest absolute Gasteiger partial charge is 0.407 e. The lowest BCUT2D eigenvalue weighted by Gasteiger charge is -2.39. The number of anilines is 2. The maximum atomic E-state index is 14.2. The van der Waals surface area contributed by atoms with Crippen LogP contribution in [0.2, 0.25) is 0 Å². The molecule has 48 heavy (non-hydrogen) atoms. The number of rotatable bonds is 9. The van der Waals surface area contributed by atoms with E-state index in [1.165, 1.54) is 55.2 Å². The van der Waals surface area contributed by atoms with Crippen LogP contribution in [0.25, 0.3) is 10.9 Å². The van der Waals surface area contributed by atoms with Crippen LogP contribution < -0.4 is 35.6 Å². The standard InChI is InChI=1S/C33H36FN7O7.2H2/c1-21(40(27-14-13-24(46-2)19-28(27)47-3)32(44)36-23-11-9-22(34)10-12-23)30-37-26-8-6-5-7-25(26)31(43)41(30)39-17-15-38(16-18-39)29(42)20-35-33(45)48-4;;/h5-14,19,21H,15-18,20H2,1-4H3,(H,35,45)(H,36,44);2*1H. The van der Waals surface area contributed by atoms with Crippen LogP contribution in [0.5, 0.6) is 11.5 Å². The first-order chi connectivity index (χ1) is 23.1. The van der Waals surface area contributed by atoms with E-state index >= 15 is 0 Å². The highest BCUT2D eigenvalue weighted by molar-refractivity contribution is 6.03. The molecule has 1 aliphatic heterocycles. The van der Waals surface area contributed by atoms with E-state index in [0.29, 0.717) is 33.8 Å². The molecule has 14 nitrogen and oxygen atoms in total. The summed E-state index contributed by atoms with van der Waals surface area (Å²) in [5, 5.41) is 7.36. The lowest BCUT2D eigenvalue weighted by Crippen LogP contribution is -2.57. The van der Waals surface area contributed by atoms with Crippen LogP contribution in [0.15, 0.2) is 71.5 Å². The number of urea groups is 1. The van der Waals surface area contributed by atoms with Crippen LogP contribution in [-0.4, -0.2) is 86.6 Å². The Morgan fingerprint density at radius 2 is 1.69 bits per heavy atom. The van der Waals surface area contributed by atoms with E-state index < -0.39 is 24.0 Å². The van der Waals surface area contributed by atoms with Crippen molar-refractivity contribution in [1.29, 1.82) is 0 Å². The number of nitrogens with zero attached hydrogens (tertiary/aromatic N) is 5. The molecule has 4 aromatic rings. The average Bonchev–Trinajstić information content (AvgIpc) is 3.11. The molecule has 0 bridgehead atoms. The maximum absolute atomic E-state index is 14.2. The van der Waals surface area contributed by atoms with Gasteiger partial charge >= 0.3 is 12.1 Å². The van der Waals surface area contributed by atoms with Crippen LogP contribution in [-0.2, 0) is 9.53 Å². The molecule has 15 heteroatoms. The van der Waals surface area contributed by atoms with Gasteiger partial charge in [-0.25, -0.2) is 23.6 Å². The van der Waals surface area contributed by atoms with Gasteiger partial charge in [-0.3, -0.25) is 14.5 Å². The summed E-state index contributed by atoms with van der Waals surface area (Å²) in [5.74, 6) is 0.307. The van der Waals surface area contributed by atoms with E-state index in [2.05, 4.69) is 15.4 Å². The van der Waals surface area contributed by atoms with Crippen LogP contribution in [0.3, 0.4) is 0 Å². The van der Waals surface area contributed by atoms with E-state index in [4.69, 9.17) is 14.5 Å². The summed E-state index contributed by atoms with van der Waals surface area (Å²) >= 11 is 0. The van der Waals surface area contributed by atoms with Gasteiger partial charge < -0.3 is 34.8 Å². The van der Waals surface area contributed by atoms with Gasteiger partial charge in [0.1, 0.15) is 23.9 Å². The number of aromatic nitrogens is 2. The zero-order valence-corrected chi connectivity index (χ0v) is 26.9. The molecule has 256 valence electrons. The van der Waals surface area contributed by atoms with Crippen molar-refractivity contribution in [2.24, 2.45) is 0 Å². The molecule has 1 saturated heterocycles. The van der Waals surface area contributed by atoms with Crippen molar-refractivity contribution >= 4 is 40.3 Å². The van der Waals surface area contributed by atoms with Crippen LogP contribution in [0, 0.1) is 5.82 Å². The van der Waals surface area contributed by atoms with Crippen molar-refractivity contribution in [2.45, 2.75) is 13.0 Å². The van der Waals surface area contributed by atoms with Crippen molar-refractivity contribution in [3.63, 3.8) is 0 Å². The highest BCUT2D eigenvalue weighted by atomic mass is 19.1. The molecule has 0 radical (unpaired) electrons. The Hall–Kier alpha value is -5.86. The predicted octanol–water partition coefficient (Wildman–Crippen LogP) is 3.98. The van der Waals surface area contributed by atoms with Crippen molar-refractivity contribution in [2.75, 3.05) is 69.3 Å². The number of carbonyl (C=O) groups excluding carboxylic acids is 3. The molecule has 3 aromatic carbocycles. The number of para-hydroxylation sites is 1. The molecule has 0 saturated carbocycles. The summed E-state index contributed by atoms with van der Waals surface area (Å²) < 4.78 is 30.7. The number of hydrogen-bond acceptors (Lipinski definition) is 9. The fourth-order valence-corrected chi connectivity index (χ4v) is 5.47. The minimum Gasteiger partial charge on any atom is -0.497 e. The van der Waals surface area contributed by atoms with Crippen molar-refractivity contribution in [3.8, 4) is 11.5 Å². The van der Waals surface area contributed by atoms with Gasteiger partial charge in [-0.2, -0.15) is 0 Å². The molecule has 2 N–H and O–H groups in total. The second-order valence-corrected chi connectivity index (χ2v) is 10.8. The number of halogens is 1. The molecular formula is C33H40FN7O7. The third-order valence-corrected chi connectivity index (χ3v) is 7.96. The Morgan fingerprint density at radius 1 is 0.979 bits per heavy atom. The summed E-state index contributed by atoms with van der Waals surface area (Å²) in [6.07, 6.45) is -0.712. The lowest BCUT2D eigenvalue weighted by atomic mass is 10.1. The molecule has 2 heterocycles. The van der Waals surface area contributed by atoms with Crippen LogP contribution in [0.1, 0.15) is 21.6 Å². The highest BCUT2D eigenvalue weighted by Gasteiger charge is 2.33. The van der Waals surface area contributed by atoms with Crippen molar-refractivity contribution in [3.05, 3.63) is 88.7 Å². The summed E-state index contributed by atoms with van der Waals surface area (Å²) in [5.41, 5.74) is 0.782. The Bertz CT molecular complexity index is 1870. The summed E-state index contributed by atoms with van der Waals surface area (Å²) in [4.78, 5) is 60.4. The monoisotopic (exact) mass is 665 g/mol. The highest BCUT2D eigenvalue weighted by Crippen LogP contribution is 2.37. The number of piperazine rings is 1. The lowest BCUT2D eigenvalue weighted by molar-refractivity contribution is -0.130. The van der Waals surface area contributed by atoms with Gasteiger partial charge in [0.05, 0.1) is 57.1 Å². The first-order valence-electron chi connectivity index (χ1n) is 15.1. The number of alkyl carbamates (subject to hydrolysis) is 1. The quantitative estimate of drug-likeness (QED) is 0.271. The molecule has 5 rings (SSSR count). The number of nitrogens with one attached hydrogen (secondary N) is 2. The van der Waals surface area contributed by atoms with E-state index in [0.717, 1.165) is 0 Å². The van der Waals surface area contributed by atoms with Gasteiger partial charge in [0.2, 0.25) is 5.91 Å². The molecule has 1 aromatic heterocycles. The number of amides is 4. The maximum Gasteiger partial charge on any atom is 0.407 e. The number of benzene rings is 3. The second-order valence-electron chi connectivity index (χ2n) is 10.8. The van der Waals surface area contributed by atoms with Crippen LogP contribution >= 0.6 is 0 Å². The molecule has 0 spiro atoms. The molecule has 4 amide bonds. The fraction of sp³-hybridized carbons (Fsp3) is 0.303. The third kappa shape index (κ3) is 7.09. The Kier molecular flexibility index (Phi) is 10.3. The fourth-order valence-electron chi connectivity index (χ4n) is 5.47. The molecule has 1 aliphatic rings. The van der Waals surface area contributed by atoms with Crippen molar-refractivity contribution < 1.29 is 35.8 Å². The minimum absolute atomic E-state index is 0. The van der Waals surface area contributed by atoms with E-state index in [-0.39, 0.29) is 52.9 Å². The van der Waals surface area contributed by atoms with Crippen molar-refractivity contribution in [1.82, 2.24) is 19.9 Å². The minimum atomic E-state index is -0.881. The summed E-state index contributed by atoms with van der Waals surface area (Å²) in [7, 11) is 4.19. The largest absolute Gasteiger partial charge is 0.497 e. The number of carbonyl (C=O) groups is 3. The van der Waals surface area contributed by atoms with Gasteiger partial charge in [-0.1, -0.05) is 12.1 Å². The van der Waals surface area contributed by atoms with Gasteiger partial charge in [0, 0.05) is 27.7 Å². The summed E-state index contributed by atoms with van der Waals surface area (Å²) in [6.45, 7) is 2.55. The van der Waals surface area contributed by atoms with E-state index in [9.17, 15) is 23.6 Å². The Balaban J connectivity index is 0.00000338. The first kappa shape index (κ1) is 33.5. The SMILES string of the molecule is COC(=O)NCC(=O)N1CCN(n2c(C(C)N(C(=O)Nc3ccc(F)cc3)c3ccc(OC)cc3OC)nc3ccccc3c2=O)CC1.[HH].[HH]. The second kappa shape index (κ2) is 14.7.